The fourth-order valence-electron chi connectivity index (χ4n) is 1.06. The fraction of sp³-hybridized carbons (Fsp3) is 0.300. The van der Waals surface area contributed by atoms with Gasteiger partial charge in [-0.05, 0) is 18.6 Å². The van der Waals surface area contributed by atoms with Crippen molar-refractivity contribution in [3.05, 3.63) is 35.2 Å². The summed E-state index contributed by atoms with van der Waals surface area (Å²) >= 11 is 5.85. The van der Waals surface area contributed by atoms with E-state index in [1.165, 1.54) is 5.56 Å². The van der Waals surface area contributed by atoms with Crippen LogP contribution < -0.4 is 0 Å². The maximum atomic E-state index is 5.85. The average molecular weight is 197 g/mol. The monoisotopic (exact) mass is 196 g/mol. The number of imidazole rings is 1. The summed E-state index contributed by atoms with van der Waals surface area (Å²) < 4.78 is 1.86. The molecule has 0 spiro atoms. The molecular weight excluding hydrogens is 184 g/mol. The largest absolute Gasteiger partial charge is 0.290 e. The Hall–Kier alpha value is -1.02. The normalized spacial score (nSPS) is 9.54. The average Bonchev–Trinajstić information content (AvgIpc) is 2.52. The summed E-state index contributed by atoms with van der Waals surface area (Å²) in [5, 5.41) is 0.656. The predicted molar refractivity (Wildman–Crippen MR) is 56.3 cm³/mol. The van der Waals surface area contributed by atoms with E-state index < -0.39 is 0 Å². The second-order valence-electron chi connectivity index (χ2n) is 2.52. The molecule has 0 saturated carbocycles. The standard InChI is InChI=1S/C8H7ClN2.C2H6/c1-6-2-3-8-10-4-7(9)11(8)5-6;1-2/h2-5H,1H3;1-2H3. The second kappa shape index (κ2) is 4.28. The highest BCUT2D eigenvalue weighted by Crippen LogP contribution is 2.12. The first-order chi connectivity index (χ1) is 6.27. The van der Waals surface area contributed by atoms with Crippen molar-refractivity contribution < 1.29 is 0 Å². The van der Waals surface area contributed by atoms with Gasteiger partial charge in [0.15, 0.2) is 0 Å². The number of aryl methyl sites for hydroxylation is 1. The van der Waals surface area contributed by atoms with E-state index in [0.717, 1.165) is 5.65 Å². The Bertz CT molecular complexity index is 393. The zero-order valence-corrected chi connectivity index (χ0v) is 8.84. The lowest BCUT2D eigenvalue weighted by Gasteiger charge is -1.95. The summed E-state index contributed by atoms with van der Waals surface area (Å²) in [6.45, 7) is 6.02. The number of hydrogen-bond acceptors (Lipinski definition) is 1. The van der Waals surface area contributed by atoms with Crippen molar-refractivity contribution in [2.75, 3.05) is 0 Å². The van der Waals surface area contributed by atoms with Gasteiger partial charge >= 0.3 is 0 Å². The Balaban J connectivity index is 0.000000396. The van der Waals surface area contributed by atoms with Gasteiger partial charge in [0, 0.05) is 6.20 Å². The van der Waals surface area contributed by atoms with Gasteiger partial charge in [-0.3, -0.25) is 4.40 Å². The minimum atomic E-state index is 0.656. The van der Waals surface area contributed by atoms with Crippen LogP contribution in [0.15, 0.2) is 24.5 Å². The van der Waals surface area contributed by atoms with Gasteiger partial charge in [-0.2, -0.15) is 0 Å². The summed E-state index contributed by atoms with van der Waals surface area (Å²) in [5.41, 5.74) is 2.07. The first-order valence-electron chi connectivity index (χ1n) is 4.36. The van der Waals surface area contributed by atoms with Gasteiger partial charge in [-0.15, -0.1) is 0 Å². The lowest BCUT2D eigenvalue weighted by Crippen LogP contribution is -1.84. The summed E-state index contributed by atoms with van der Waals surface area (Å²) in [5.74, 6) is 0. The van der Waals surface area contributed by atoms with E-state index in [1.54, 1.807) is 6.20 Å². The van der Waals surface area contributed by atoms with E-state index in [4.69, 9.17) is 11.6 Å². The van der Waals surface area contributed by atoms with Crippen molar-refractivity contribution in [1.29, 1.82) is 0 Å². The lowest BCUT2D eigenvalue weighted by atomic mass is 10.3. The van der Waals surface area contributed by atoms with Crippen LogP contribution in [0, 0.1) is 6.92 Å². The van der Waals surface area contributed by atoms with Crippen molar-refractivity contribution in [3.8, 4) is 0 Å². The molecule has 0 radical (unpaired) electrons. The maximum Gasteiger partial charge on any atom is 0.137 e. The Morgan fingerprint density at radius 1 is 1.31 bits per heavy atom. The van der Waals surface area contributed by atoms with Gasteiger partial charge in [0.25, 0.3) is 0 Å². The molecule has 0 amide bonds. The summed E-state index contributed by atoms with van der Waals surface area (Å²) in [6, 6.07) is 3.96. The quantitative estimate of drug-likeness (QED) is 0.632. The molecule has 0 bridgehead atoms. The third-order valence-corrected chi connectivity index (χ3v) is 1.89. The first-order valence-corrected chi connectivity index (χ1v) is 4.74. The van der Waals surface area contributed by atoms with Crippen LogP contribution in [0.3, 0.4) is 0 Å². The predicted octanol–water partition coefficient (Wildman–Crippen LogP) is 3.32. The van der Waals surface area contributed by atoms with Gasteiger partial charge in [0.2, 0.25) is 0 Å². The summed E-state index contributed by atoms with van der Waals surface area (Å²) in [7, 11) is 0. The van der Waals surface area contributed by atoms with Gasteiger partial charge in [-0.1, -0.05) is 31.5 Å². The van der Waals surface area contributed by atoms with Crippen molar-refractivity contribution in [3.63, 3.8) is 0 Å². The van der Waals surface area contributed by atoms with Crippen molar-refractivity contribution >= 4 is 17.2 Å². The molecule has 0 aromatic carbocycles. The van der Waals surface area contributed by atoms with Gasteiger partial charge in [0.05, 0.1) is 6.20 Å². The lowest BCUT2D eigenvalue weighted by molar-refractivity contribution is 1.16. The summed E-state index contributed by atoms with van der Waals surface area (Å²) in [4.78, 5) is 4.09. The number of fused-ring (bicyclic) bond motifs is 1. The van der Waals surface area contributed by atoms with Crippen molar-refractivity contribution in [2.45, 2.75) is 20.8 Å². The Morgan fingerprint density at radius 3 is 2.69 bits per heavy atom. The van der Waals surface area contributed by atoms with E-state index in [0.29, 0.717) is 5.15 Å². The van der Waals surface area contributed by atoms with Crippen molar-refractivity contribution in [1.82, 2.24) is 9.38 Å². The number of rotatable bonds is 0. The molecule has 2 nitrogen and oxygen atoms in total. The zero-order chi connectivity index (χ0) is 9.84. The molecule has 0 N–H and O–H groups in total. The second-order valence-corrected chi connectivity index (χ2v) is 2.90. The molecule has 0 aliphatic heterocycles. The minimum Gasteiger partial charge on any atom is -0.290 e. The third-order valence-electron chi connectivity index (χ3n) is 1.61. The highest BCUT2D eigenvalue weighted by Gasteiger charge is 1.97. The molecular formula is C10H13ClN2. The number of hydrogen-bond donors (Lipinski definition) is 0. The topological polar surface area (TPSA) is 17.3 Å². The smallest absolute Gasteiger partial charge is 0.137 e. The van der Waals surface area contributed by atoms with Crippen molar-refractivity contribution in [2.24, 2.45) is 0 Å². The van der Waals surface area contributed by atoms with Gasteiger partial charge < -0.3 is 0 Å². The Labute approximate surface area is 83.2 Å². The first kappa shape index (κ1) is 10.1. The molecule has 3 heteroatoms. The van der Waals surface area contributed by atoms with E-state index >= 15 is 0 Å². The molecule has 0 unspecified atom stereocenters. The third kappa shape index (κ3) is 2.01. The Kier molecular flexibility index (Phi) is 3.32. The molecule has 2 aromatic heterocycles. The van der Waals surface area contributed by atoms with Crippen LogP contribution in [0.4, 0.5) is 0 Å². The molecule has 0 saturated heterocycles. The number of pyridine rings is 1. The number of nitrogens with zero attached hydrogens (tertiary/aromatic N) is 2. The van der Waals surface area contributed by atoms with Gasteiger partial charge in [-0.25, -0.2) is 4.98 Å². The minimum absolute atomic E-state index is 0.656. The van der Waals surface area contributed by atoms with E-state index in [9.17, 15) is 0 Å². The van der Waals surface area contributed by atoms with Crippen LogP contribution >= 0.6 is 11.6 Å². The van der Waals surface area contributed by atoms with E-state index in [2.05, 4.69) is 4.98 Å². The molecule has 0 aliphatic carbocycles. The number of halogens is 1. The maximum absolute atomic E-state index is 5.85. The Morgan fingerprint density at radius 2 is 2.00 bits per heavy atom. The van der Waals surface area contributed by atoms with Gasteiger partial charge in [0.1, 0.15) is 10.8 Å². The van der Waals surface area contributed by atoms with Crippen LogP contribution in [0.25, 0.3) is 5.65 Å². The molecule has 0 atom stereocenters. The molecule has 2 heterocycles. The molecule has 13 heavy (non-hydrogen) atoms. The fourth-order valence-corrected chi connectivity index (χ4v) is 1.24. The molecule has 2 aromatic rings. The van der Waals surface area contributed by atoms with Crippen LogP contribution in [-0.4, -0.2) is 9.38 Å². The van der Waals surface area contributed by atoms with Crippen LogP contribution in [-0.2, 0) is 0 Å². The molecule has 70 valence electrons. The highest BCUT2D eigenvalue weighted by molar-refractivity contribution is 6.29. The van der Waals surface area contributed by atoms with Crippen LogP contribution in [0.5, 0.6) is 0 Å². The SMILES string of the molecule is CC.Cc1ccc2ncc(Cl)n2c1. The molecule has 0 fully saturated rings. The van der Waals surface area contributed by atoms with Crippen LogP contribution in [0.2, 0.25) is 5.15 Å². The highest BCUT2D eigenvalue weighted by atomic mass is 35.5. The summed E-state index contributed by atoms with van der Waals surface area (Å²) in [6.07, 6.45) is 3.61. The zero-order valence-electron chi connectivity index (χ0n) is 8.08. The van der Waals surface area contributed by atoms with Crippen LogP contribution in [0.1, 0.15) is 19.4 Å². The molecule has 0 aliphatic rings. The molecule has 2 rings (SSSR count). The number of aromatic nitrogens is 2. The van der Waals surface area contributed by atoms with E-state index in [1.807, 2.05) is 43.5 Å². The van der Waals surface area contributed by atoms with E-state index in [-0.39, 0.29) is 0 Å².